The van der Waals surface area contributed by atoms with Crippen LogP contribution in [0.25, 0.3) is 38.9 Å². The second-order valence-corrected chi connectivity index (χ2v) is 8.70. The van der Waals surface area contributed by atoms with Crippen molar-refractivity contribution in [3.63, 3.8) is 0 Å². The zero-order valence-electron chi connectivity index (χ0n) is 16.3. The van der Waals surface area contributed by atoms with E-state index in [2.05, 4.69) is 78.9 Å². The van der Waals surface area contributed by atoms with Gasteiger partial charge >= 0.3 is 0 Å². The van der Waals surface area contributed by atoms with E-state index in [0.717, 1.165) is 5.52 Å². The summed E-state index contributed by atoms with van der Waals surface area (Å²) < 4.78 is 0. The van der Waals surface area contributed by atoms with Crippen molar-refractivity contribution in [2.24, 2.45) is 0 Å². The molecule has 0 fully saturated rings. The molecule has 7 rings (SSSR count). The lowest BCUT2D eigenvalue weighted by Gasteiger charge is -2.39. The quantitative estimate of drug-likeness (QED) is 0.346. The highest BCUT2D eigenvalue weighted by Gasteiger charge is 2.52. The summed E-state index contributed by atoms with van der Waals surface area (Å²) >= 11 is 0. The number of nitrogens with zero attached hydrogens (tertiary/aromatic N) is 1. The Morgan fingerprint density at radius 3 is 2.21 bits per heavy atom. The minimum atomic E-state index is 0.140. The molecule has 0 saturated heterocycles. The lowest BCUT2D eigenvalue weighted by Crippen LogP contribution is -2.29. The van der Waals surface area contributed by atoms with E-state index in [4.69, 9.17) is 4.98 Å². The average molecular weight is 371 g/mol. The monoisotopic (exact) mass is 371 g/mol. The van der Waals surface area contributed by atoms with E-state index in [0.29, 0.717) is 0 Å². The van der Waals surface area contributed by atoms with Crippen molar-refractivity contribution in [1.82, 2.24) is 4.98 Å². The van der Waals surface area contributed by atoms with Gasteiger partial charge in [-0.3, -0.25) is 0 Å². The third-order valence-corrected chi connectivity index (χ3v) is 7.42. The summed E-state index contributed by atoms with van der Waals surface area (Å²) in [6.07, 6.45) is 4.95. The highest BCUT2D eigenvalue weighted by molar-refractivity contribution is 6.06. The molecule has 1 nitrogen and oxygen atoms in total. The minimum absolute atomic E-state index is 0.140. The first-order valence-corrected chi connectivity index (χ1v) is 10.7. The van der Waals surface area contributed by atoms with Crippen molar-refractivity contribution in [2.75, 3.05) is 0 Å². The Bertz CT molecular complexity index is 1330. The summed E-state index contributed by atoms with van der Waals surface area (Å²) in [7, 11) is 0. The Labute approximate surface area is 170 Å². The number of para-hydroxylation sites is 1. The fourth-order valence-electron chi connectivity index (χ4n) is 6.33. The molecule has 138 valence electrons. The van der Waals surface area contributed by atoms with Gasteiger partial charge in [-0.25, -0.2) is 4.98 Å². The molecule has 1 heteroatoms. The second kappa shape index (κ2) is 5.45. The molecule has 0 N–H and O–H groups in total. The van der Waals surface area contributed by atoms with Crippen LogP contribution in [0.1, 0.15) is 36.8 Å². The van der Waals surface area contributed by atoms with E-state index in [-0.39, 0.29) is 5.41 Å². The number of hydrogen-bond acceptors (Lipinski definition) is 1. The SMILES string of the molecule is c1ccc(-c2c3c(nc4ccccc24)-c2ccccc2C2=C4CCC23CC4)cc1. The van der Waals surface area contributed by atoms with Crippen LogP contribution < -0.4 is 0 Å². The Balaban J connectivity index is 1.72. The molecule has 2 bridgehead atoms. The predicted octanol–water partition coefficient (Wildman–Crippen LogP) is 7.16. The van der Waals surface area contributed by atoms with Crippen LogP contribution in [-0.4, -0.2) is 4.98 Å². The standard InChI is InChI=1S/C28H21N/c1-2-8-18(9-3-1)24-22-12-6-7-13-23(22)29-27-21-11-5-4-10-20(21)25-19-14-16-28(25,17-15-19)26(24)27/h1-13H,14-17H2. The molecule has 3 aliphatic rings. The van der Waals surface area contributed by atoms with E-state index in [1.54, 1.807) is 11.1 Å². The summed E-state index contributed by atoms with van der Waals surface area (Å²) in [5.74, 6) is 0. The Morgan fingerprint density at radius 1 is 0.690 bits per heavy atom. The van der Waals surface area contributed by atoms with Gasteiger partial charge in [-0.05, 0) is 59.6 Å². The number of rotatable bonds is 1. The van der Waals surface area contributed by atoms with E-state index in [1.165, 1.54) is 64.6 Å². The maximum Gasteiger partial charge on any atom is 0.0763 e. The van der Waals surface area contributed by atoms with Crippen LogP contribution in [0.15, 0.2) is 84.4 Å². The zero-order chi connectivity index (χ0) is 19.0. The van der Waals surface area contributed by atoms with E-state index < -0.39 is 0 Å². The first kappa shape index (κ1) is 15.7. The van der Waals surface area contributed by atoms with Crippen molar-refractivity contribution in [2.45, 2.75) is 31.1 Å². The number of benzene rings is 3. The highest BCUT2D eigenvalue weighted by atomic mass is 14.7. The summed E-state index contributed by atoms with van der Waals surface area (Å²) in [4.78, 5) is 5.29. The van der Waals surface area contributed by atoms with Crippen LogP contribution in [0.5, 0.6) is 0 Å². The van der Waals surface area contributed by atoms with Crippen LogP contribution >= 0.6 is 0 Å². The van der Waals surface area contributed by atoms with Gasteiger partial charge in [-0.2, -0.15) is 0 Å². The van der Waals surface area contributed by atoms with Crippen LogP contribution in [0.4, 0.5) is 0 Å². The lowest BCUT2D eigenvalue weighted by molar-refractivity contribution is 0.472. The molecule has 4 aromatic rings. The van der Waals surface area contributed by atoms with Gasteiger partial charge in [0.15, 0.2) is 0 Å². The van der Waals surface area contributed by atoms with Crippen LogP contribution in [0.2, 0.25) is 0 Å². The van der Waals surface area contributed by atoms with Crippen molar-refractivity contribution in [1.29, 1.82) is 0 Å². The second-order valence-electron chi connectivity index (χ2n) is 8.70. The Kier molecular flexibility index (Phi) is 2.95. The fourth-order valence-corrected chi connectivity index (χ4v) is 6.33. The summed E-state index contributed by atoms with van der Waals surface area (Å²) in [5.41, 5.74) is 12.7. The van der Waals surface area contributed by atoms with Gasteiger partial charge in [0, 0.05) is 16.4 Å². The number of hydrogen-bond donors (Lipinski definition) is 0. The molecule has 0 atom stereocenters. The average Bonchev–Trinajstić information content (AvgIpc) is 3.36. The van der Waals surface area contributed by atoms with Crippen LogP contribution in [0.3, 0.4) is 0 Å². The van der Waals surface area contributed by atoms with Gasteiger partial charge in [0.1, 0.15) is 0 Å². The maximum absolute atomic E-state index is 5.29. The summed E-state index contributed by atoms with van der Waals surface area (Å²) in [5, 5.41) is 1.28. The molecule has 1 aromatic heterocycles. The molecule has 0 spiro atoms. The molecular formula is C28H21N. The molecule has 3 aliphatic carbocycles. The molecule has 3 aromatic carbocycles. The van der Waals surface area contributed by atoms with Crippen molar-refractivity contribution in [3.8, 4) is 22.4 Å². The van der Waals surface area contributed by atoms with Gasteiger partial charge < -0.3 is 0 Å². The van der Waals surface area contributed by atoms with E-state index in [1.807, 2.05) is 0 Å². The smallest absolute Gasteiger partial charge is 0.0763 e. The molecule has 0 saturated carbocycles. The van der Waals surface area contributed by atoms with Gasteiger partial charge in [0.05, 0.1) is 11.2 Å². The van der Waals surface area contributed by atoms with E-state index >= 15 is 0 Å². The third kappa shape index (κ3) is 1.88. The number of aromatic nitrogens is 1. The molecule has 0 radical (unpaired) electrons. The molecular weight excluding hydrogens is 350 g/mol. The van der Waals surface area contributed by atoms with Gasteiger partial charge in [0.25, 0.3) is 0 Å². The van der Waals surface area contributed by atoms with Crippen molar-refractivity contribution in [3.05, 3.63) is 95.6 Å². The molecule has 29 heavy (non-hydrogen) atoms. The van der Waals surface area contributed by atoms with Gasteiger partial charge in [-0.1, -0.05) is 78.4 Å². The van der Waals surface area contributed by atoms with Gasteiger partial charge in [0.2, 0.25) is 0 Å². The highest BCUT2D eigenvalue weighted by Crippen LogP contribution is 2.66. The molecule has 0 amide bonds. The fraction of sp³-hybridized carbons (Fsp3) is 0.179. The molecule has 0 aliphatic heterocycles. The van der Waals surface area contributed by atoms with Crippen molar-refractivity contribution >= 4 is 16.5 Å². The number of pyridine rings is 1. The van der Waals surface area contributed by atoms with E-state index in [9.17, 15) is 0 Å². The normalized spacial score (nSPS) is 17.9. The largest absolute Gasteiger partial charge is 0.247 e. The maximum atomic E-state index is 5.29. The first-order valence-electron chi connectivity index (χ1n) is 10.7. The van der Waals surface area contributed by atoms with Gasteiger partial charge in [-0.15, -0.1) is 0 Å². The number of fused-ring (bicyclic) bond motifs is 4. The molecule has 0 unspecified atom stereocenters. The van der Waals surface area contributed by atoms with Crippen LogP contribution in [0, 0.1) is 0 Å². The summed E-state index contributed by atoms with van der Waals surface area (Å²) in [6, 6.07) is 28.7. The number of allylic oxidation sites excluding steroid dienone is 2. The molecule has 1 heterocycles. The minimum Gasteiger partial charge on any atom is -0.247 e. The first-order chi connectivity index (χ1) is 14.4. The third-order valence-electron chi connectivity index (χ3n) is 7.42. The van der Waals surface area contributed by atoms with Crippen LogP contribution in [-0.2, 0) is 5.41 Å². The Morgan fingerprint density at radius 2 is 1.38 bits per heavy atom. The summed E-state index contributed by atoms with van der Waals surface area (Å²) in [6.45, 7) is 0. The predicted molar refractivity (Wildman–Crippen MR) is 120 cm³/mol. The van der Waals surface area contributed by atoms with Crippen molar-refractivity contribution < 1.29 is 0 Å². The Hall–Kier alpha value is -3.19. The zero-order valence-corrected chi connectivity index (χ0v) is 16.3. The topological polar surface area (TPSA) is 12.9 Å². The lowest BCUT2D eigenvalue weighted by atomic mass is 9.64.